The summed E-state index contributed by atoms with van der Waals surface area (Å²) >= 11 is 0. The molecule has 0 aliphatic heterocycles. The largest absolute Gasteiger partial charge is 0.507 e. The monoisotopic (exact) mass is 2130 g/mol. The molecule has 9 heterocycles. The fourth-order valence-corrected chi connectivity index (χ4v) is 15.7. The van der Waals surface area contributed by atoms with Gasteiger partial charge in [-0.05, 0) is 206 Å². The maximum atomic E-state index is 11.6. The maximum Gasteiger partial charge on any atom is 0.144 e. The van der Waals surface area contributed by atoms with Gasteiger partial charge in [-0.2, -0.15) is 0 Å². The number of phenolic OH excluding ortho intramolecular Hbond substituents is 3. The van der Waals surface area contributed by atoms with E-state index >= 15 is 0 Å². The summed E-state index contributed by atoms with van der Waals surface area (Å²) in [5, 5.41) is 39.5. The van der Waals surface area contributed by atoms with Crippen LogP contribution < -0.4 is 0 Å². The van der Waals surface area contributed by atoms with Gasteiger partial charge in [0.05, 0.1) is 33.6 Å². The molecule has 0 aliphatic rings. The van der Waals surface area contributed by atoms with Crippen LogP contribution >= 0.6 is 0 Å². The smallest absolute Gasteiger partial charge is 0.144 e. The van der Waals surface area contributed by atoms with Crippen LogP contribution in [0.15, 0.2) is 267 Å². The van der Waals surface area contributed by atoms with Crippen molar-refractivity contribution >= 4 is 65.8 Å². The molecule has 12 nitrogen and oxygen atoms in total. The number of fused-ring (bicyclic) bond motifs is 9. The average Bonchev–Trinajstić information content (AvgIpc) is 1.61. The molecule has 15 heteroatoms. The maximum absolute atomic E-state index is 11.6. The van der Waals surface area contributed by atoms with Gasteiger partial charge in [0, 0.05) is 136 Å². The van der Waals surface area contributed by atoms with Gasteiger partial charge < -0.3 is 44.0 Å². The van der Waals surface area contributed by atoms with Crippen molar-refractivity contribution in [2.75, 3.05) is 0 Å². The van der Waals surface area contributed by atoms with Gasteiger partial charge in [0.2, 0.25) is 0 Å². The van der Waals surface area contributed by atoms with Gasteiger partial charge in [-0.3, -0.25) is 0 Å². The van der Waals surface area contributed by atoms with Crippen LogP contribution in [0, 0.1) is 32.0 Å². The first-order valence-corrected chi connectivity index (χ1v) is 40.4. The second-order valence-corrected chi connectivity index (χ2v) is 36.1. The number of hydrogen-bond donors (Lipinski definition) is 3. The Morgan fingerprint density at radius 2 is 0.620 bits per heavy atom. The molecule has 0 fully saturated rings. The van der Waals surface area contributed by atoms with Gasteiger partial charge in [0.1, 0.15) is 34.2 Å². The van der Waals surface area contributed by atoms with E-state index in [4.69, 9.17) is 19.9 Å². The van der Waals surface area contributed by atoms with Gasteiger partial charge in [0.25, 0.3) is 0 Å². The predicted molar refractivity (Wildman–Crippen MR) is 486 cm³/mol. The number of pyridine rings is 6. The van der Waals surface area contributed by atoms with Gasteiger partial charge in [-0.15, -0.1) is 89.5 Å². The van der Waals surface area contributed by atoms with Crippen LogP contribution in [-0.2, 0) is 90.3 Å². The number of para-hydroxylation sites is 4. The summed E-state index contributed by atoms with van der Waals surface area (Å²) in [5.74, 6) is 0.771. The number of aryl methyl sites for hydroxylation is 2. The number of benzene rings is 9. The summed E-state index contributed by atoms with van der Waals surface area (Å²) in [6, 6.07) is 95.0. The van der Waals surface area contributed by atoms with Gasteiger partial charge in [0.15, 0.2) is 0 Å². The van der Waals surface area contributed by atoms with E-state index < -0.39 is 0 Å². The molecule has 0 aliphatic carbocycles. The van der Waals surface area contributed by atoms with Crippen LogP contribution in [-0.4, -0.2) is 58.9 Å². The fraction of sp³-hybridized carbons (Fsp3) is 0.208. The van der Waals surface area contributed by atoms with Crippen molar-refractivity contribution in [1.29, 1.82) is 0 Å². The predicted octanol–water partition coefficient (Wildman–Crippen LogP) is 26.3. The Morgan fingerprint density at radius 1 is 0.281 bits per heavy atom. The minimum Gasteiger partial charge on any atom is -0.507 e. The minimum absolute atomic E-state index is 0. The first kappa shape index (κ1) is 87.6. The number of rotatable bonds is 9. The van der Waals surface area contributed by atoms with Crippen molar-refractivity contribution in [3.8, 4) is 102 Å². The first-order valence-electron chi connectivity index (χ1n) is 40.4. The van der Waals surface area contributed by atoms with Crippen molar-refractivity contribution < 1.29 is 78.5 Å². The molecule has 0 amide bonds. The number of aromatic hydroxyl groups is 3. The summed E-state index contributed by atoms with van der Waals surface area (Å²) in [5.41, 5.74) is 25.7. The van der Waals surface area contributed by atoms with Crippen molar-refractivity contribution in [3.05, 3.63) is 324 Å². The van der Waals surface area contributed by atoms with Crippen LogP contribution in [0.4, 0.5) is 0 Å². The fourth-order valence-electron chi connectivity index (χ4n) is 15.7. The van der Waals surface area contributed by atoms with Gasteiger partial charge in [-0.1, -0.05) is 201 Å². The van der Waals surface area contributed by atoms with Crippen LogP contribution in [0.1, 0.15) is 143 Å². The zero-order chi connectivity index (χ0) is 83.1. The zero-order valence-electron chi connectivity index (χ0n) is 71.2. The number of nitrogens with zero attached hydrogens (tertiary/aromatic N) is 9. The normalized spacial score (nSPS) is 11.9. The van der Waals surface area contributed by atoms with E-state index in [0.717, 1.165) is 162 Å². The number of aromatic nitrogens is 9. The van der Waals surface area contributed by atoms with Crippen molar-refractivity contribution in [2.24, 2.45) is 0 Å². The molecule has 18 aromatic rings. The molecule has 0 saturated carbocycles. The van der Waals surface area contributed by atoms with Crippen LogP contribution in [0.3, 0.4) is 0 Å². The summed E-state index contributed by atoms with van der Waals surface area (Å²) < 4.78 is 6.48. The SMILES string of the molecule is CC(C)(C)c1ccnc(-c2[c-]c(-n3c4ccccc4c4ccc(-c5cc(C(C)(C)C)cc(C(C)(C)C)c5O)nc43)ccc2)c1.CC(C)(C)c1ccnc(-c2[c-]c(-n3c4ccccc4c4ccc(-c5ccccc5O)nc43)ccc2)c1.Cc1cc(C)c(O)c(-c2ccc3c4ccccc4n(-c4[c-]c(-c5cc(C(C)(C)C)ccn5)ccc4)c3n2)c1.[Pt].[Pt].[Pt]. The second kappa shape index (κ2) is 34.3. The van der Waals surface area contributed by atoms with Crippen LogP contribution in [0.5, 0.6) is 17.2 Å². The van der Waals surface area contributed by atoms with Gasteiger partial charge in [-0.25, -0.2) is 15.0 Å². The quantitative estimate of drug-likeness (QED) is 0.120. The second-order valence-electron chi connectivity index (χ2n) is 36.1. The molecule has 0 atom stereocenters. The van der Waals surface area contributed by atoms with E-state index in [1.54, 1.807) is 6.07 Å². The Labute approximate surface area is 752 Å². The third-order valence-electron chi connectivity index (χ3n) is 22.3. The molecule has 0 radical (unpaired) electrons. The van der Waals surface area contributed by atoms with E-state index in [2.05, 4.69) is 303 Å². The Hall–Kier alpha value is -11.3. The third kappa shape index (κ3) is 17.5. The Morgan fingerprint density at radius 3 is 0.975 bits per heavy atom. The Balaban J connectivity index is 0.000000155. The van der Waals surface area contributed by atoms with Gasteiger partial charge >= 0.3 is 0 Å². The molecule has 0 bridgehead atoms. The minimum atomic E-state index is -0.229. The number of phenols is 3. The van der Waals surface area contributed by atoms with E-state index in [9.17, 15) is 15.3 Å². The standard InChI is InChI=1S/C40H42N3O.C34H30N3O.C32H26N3O.3Pt/c1-38(2,3)26-19-20-41-34(24-26)25-13-12-14-28(21-25)43-35-16-11-10-15-29(35)30-17-18-33(42-37(30)43)31-22-27(39(4,5)6)23-32(36(31)44)40(7,8)9;1-21-17-22(2)32(38)28(18-21)29-14-13-27-26-11-6-7-12-31(26)37(33(27)36-29)25-10-8-9-23(19-25)30-20-24(15-16-35-30)34(3,4)5;1-32(2,3)22-17-18-33-28(20-22)21-9-8-10-23(19-21)35-29-13-6-4-11-24(29)25-15-16-27(34-31(25)35)26-12-5-7-14-30(26)36;;;/h10-20,22-24,44H,1-9H3;6-18,20,38H,1-5H3;4-18,20,36H,1-3H3;;;/q3*-1;;;. The van der Waals surface area contributed by atoms with Crippen LogP contribution in [0.2, 0.25) is 0 Å². The summed E-state index contributed by atoms with van der Waals surface area (Å²) in [7, 11) is 0. The van der Waals surface area contributed by atoms with Crippen LogP contribution in [0.25, 0.3) is 150 Å². The Kier molecular flexibility index (Phi) is 24.8. The zero-order valence-corrected chi connectivity index (χ0v) is 78.0. The van der Waals surface area contributed by atoms with E-state index in [0.29, 0.717) is 11.3 Å². The molecule has 9 aromatic carbocycles. The molecule has 618 valence electrons. The molecule has 121 heavy (non-hydrogen) atoms. The first-order chi connectivity index (χ1) is 56.2. The molecule has 18 rings (SSSR count). The molecular weight excluding hydrogens is 2030 g/mol. The van der Waals surface area contributed by atoms with E-state index in [1.807, 2.05) is 117 Å². The molecule has 0 saturated heterocycles. The summed E-state index contributed by atoms with van der Waals surface area (Å²) in [4.78, 5) is 29.5. The third-order valence-corrected chi connectivity index (χ3v) is 22.3. The Bertz CT molecular complexity index is 6940. The topological polar surface area (TPSA) is 153 Å². The summed E-state index contributed by atoms with van der Waals surface area (Å²) in [6.45, 7) is 36.9. The molecule has 9 aromatic heterocycles. The van der Waals surface area contributed by atoms with Crippen molar-refractivity contribution in [2.45, 2.75) is 145 Å². The average molecular weight is 2130 g/mol. The molecule has 0 spiro atoms. The van der Waals surface area contributed by atoms with E-state index in [1.165, 1.54) is 22.3 Å². The molecular formula is C106H98N9O3Pt3-3. The summed E-state index contributed by atoms with van der Waals surface area (Å²) in [6.07, 6.45) is 5.63. The van der Waals surface area contributed by atoms with Crippen molar-refractivity contribution in [1.82, 2.24) is 43.6 Å². The molecule has 0 unspecified atom stereocenters. The number of hydrogen-bond acceptors (Lipinski definition) is 9. The van der Waals surface area contributed by atoms with Crippen molar-refractivity contribution in [3.63, 3.8) is 0 Å². The van der Waals surface area contributed by atoms with E-state index in [-0.39, 0.29) is 102 Å². The molecule has 3 N–H and O–H groups in total.